The molecular weight excluding hydrogens is 320 g/mol. The molecule has 0 saturated heterocycles. The van der Waals surface area contributed by atoms with Crippen molar-refractivity contribution < 1.29 is 4.79 Å². The summed E-state index contributed by atoms with van der Waals surface area (Å²) in [6.07, 6.45) is 4.19. The number of rotatable bonds is 8. The van der Waals surface area contributed by atoms with Crippen molar-refractivity contribution in [3.63, 3.8) is 0 Å². The van der Waals surface area contributed by atoms with Gasteiger partial charge in [-0.15, -0.1) is 0 Å². The molecule has 0 amide bonds. The molecule has 3 rings (SSSR count). The number of carbonyl (C=O) groups is 1. The highest BCUT2D eigenvalue weighted by Crippen LogP contribution is 2.49. The van der Waals surface area contributed by atoms with Crippen LogP contribution in [-0.4, -0.2) is 18.4 Å². The van der Waals surface area contributed by atoms with Crippen LogP contribution in [0, 0.1) is 0 Å². The van der Waals surface area contributed by atoms with E-state index in [9.17, 15) is 4.79 Å². The van der Waals surface area contributed by atoms with Gasteiger partial charge in [-0.25, -0.2) is 0 Å². The minimum absolute atomic E-state index is 0.0473. The first-order valence-corrected chi connectivity index (χ1v) is 9.82. The number of Topliss-reactive ketones (excluding diaryl/α,β-unsaturated/α-hetero) is 1. The fraction of sp³-hybridized carbons (Fsp3) is 0.435. The molecule has 2 atom stereocenters. The van der Waals surface area contributed by atoms with Crippen LogP contribution in [0.4, 0.5) is 0 Å². The van der Waals surface area contributed by atoms with E-state index in [1.165, 1.54) is 16.7 Å². The zero-order valence-electron chi connectivity index (χ0n) is 16.1. The van der Waals surface area contributed by atoms with Gasteiger partial charge in [0.15, 0.2) is 5.78 Å². The molecule has 2 aromatic rings. The first-order valence-electron chi connectivity index (χ1n) is 9.82. The number of unbranched alkanes of at least 4 members (excludes halogenated alkanes) is 1. The van der Waals surface area contributed by atoms with Gasteiger partial charge >= 0.3 is 0 Å². The number of ketones is 1. The Bertz CT molecular complexity index is 799. The number of nitrogens with one attached hydrogen (secondary N) is 1. The molecule has 1 aliphatic carbocycles. The van der Waals surface area contributed by atoms with Gasteiger partial charge in [-0.2, -0.15) is 0 Å². The molecule has 3 heteroatoms. The topological polar surface area (TPSA) is 55.1 Å². The molecule has 0 saturated carbocycles. The van der Waals surface area contributed by atoms with Gasteiger partial charge in [0.25, 0.3) is 0 Å². The van der Waals surface area contributed by atoms with Crippen LogP contribution in [-0.2, 0) is 5.54 Å². The van der Waals surface area contributed by atoms with Crippen LogP contribution in [0.1, 0.15) is 67.9 Å². The first kappa shape index (κ1) is 18.8. The van der Waals surface area contributed by atoms with Gasteiger partial charge in [-0.05, 0) is 54.6 Å². The summed E-state index contributed by atoms with van der Waals surface area (Å²) >= 11 is 0. The summed E-state index contributed by atoms with van der Waals surface area (Å²) in [5, 5.41) is 3.82. The molecule has 0 aromatic heterocycles. The molecule has 0 spiro atoms. The molecule has 138 valence electrons. The van der Waals surface area contributed by atoms with Gasteiger partial charge in [-0.1, -0.05) is 63.1 Å². The second kappa shape index (κ2) is 7.73. The highest BCUT2D eigenvalue weighted by Gasteiger charge is 2.46. The van der Waals surface area contributed by atoms with Crippen LogP contribution in [0.2, 0.25) is 0 Å². The summed E-state index contributed by atoms with van der Waals surface area (Å²) in [7, 11) is 0. The molecule has 3 nitrogen and oxygen atoms in total. The molecule has 0 bridgehead atoms. The number of carbonyl (C=O) groups excluding carboxylic acids is 1. The monoisotopic (exact) mass is 350 g/mol. The summed E-state index contributed by atoms with van der Waals surface area (Å²) in [5.41, 5.74) is 12.0. The Morgan fingerprint density at radius 1 is 1.08 bits per heavy atom. The number of nitrogens with two attached hydrogens (primary N) is 1. The smallest absolute Gasteiger partial charge is 0.159 e. The number of hydrogen-bond acceptors (Lipinski definition) is 3. The van der Waals surface area contributed by atoms with Crippen molar-refractivity contribution in [3.05, 3.63) is 59.2 Å². The minimum atomic E-state index is -0.428. The number of hydrogen-bond donors (Lipinski definition) is 2. The summed E-state index contributed by atoms with van der Waals surface area (Å²) in [6.45, 7) is 6.91. The van der Waals surface area contributed by atoms with E-state index in [1.807, 2.05) is 6.07 Å². The maximum atomic E-state index is 12.0. The Balaban J connectivity index is 2.23. The average molecular weight is 351 g/mol. The van der Waals surface area contributed by atoms with Gasteiger partial charge in [0.1, 0.15) is 0 Å². The zero-order valence-corrected chi connectivity index (χ0v) is 16.1. The zero-order chi connectivity index (χ0) is 18.7. The minimum Gasteiger partial charge on any atom is -0.326 e. The van der Waals surface area contributed by atoms with Gasteiger partial charge in [0.2, 0.25) is 0 Å². The first-order chi connectivity index (χ1) is 12.6. The lowest BCUT2D eigenvalue weighted by Crippen LogP contribution is -2.55. The fourth-order valence-electron chi connectivity index (χ4n) is 4.24. The van der Waals surface area contributed by atoms with E-state index in [4.69, 9.17) is 5.73 Å². The Hall–Kier alpha value is -1.97. The Morgan fingerprint density at radius 3 is 2.50 bits per heavy atom. The molecule has 2 aromatic carbocycles. The van der Waals surface area contributed by atoms with Crippen molar-refractivity contribution in [1.82, 2.24) is 5.32 Å². The molecule has 0 radical (unpaired) electrons. The van der Waals surface area contributed by atoms with Crippen LogP contribution >= 0.6 is 0 Å². The van der Waals surface area contributed by atoms with Gasteiger partial charge < -0.3 is 11.1 Å². The van der Waals surface area contributed by atoms with E-state index in [0.717, 1.165) is 43.4 Å². The summed E-state index contributed by atoms with van der Waals surface area (Å²) in [5.74, 6) is 0.0928. The largest absolute Gasteiger partial charge is 0.326 e. The fourth-order valence-corrected chi connectivity index (χ4v) is 4.24. The molecular formula is C23H30N2O. The number of fused-ring (bicyclic) bond motifs is 3. The third kappa shape index (κ3) is 3.00. The molecule has 3 N–H and O–H groups in total. The third-order valence-electron chi connectivity index (χ3n) is 5.58. The lowest BCUT2D eigenvalue weighted by atomic mass is 9.78. The number of benzene rings is 2. The second-order valence-corrected chi connectivity index (χ2v) is 7.35. The van der Waals surface area contributed by atoms with E-state index in [0.29, 0.717) is 0 Å². The lowest BCUT2D eigenvalue weighted by Gasteiger charge is -2.39. The Morgan fingerprint density at radius 2 is 1.81 bits per heavy atom. The Labute approximate surface area is 157 Å². The standard InChI is InChI=1S/C23H30N2O/c1-4-6-14-25-23(22(24)9-5-2)20-11-8-7-10-18(20)19-13-12-17(16(3)26)15-21(19)23/h7-8,10-13,15,22,25H,4-6,9,14,24H2,1-3H3. The highest BCUT2D eigenvalue weighted by molar-refractivity contribution is 5.96. The van der Waals surface area contributed by atoms with E-state index >= 15 is 0 Å². The normalized spacial score (nSPS) is 19.1. The van der Waals surface area contributed by atoms with Gasteiger partial charge in [0.05, 0.1) is 5.54 Å². The average Bonchev–Trinajstić information content (AvgIpc) is 2.93. The van der Waals surface area contributed by atoms with Crippen molar-refractivity contribution in [2.75, 3.05) is 6.54 Å². The van der Waals surface area contributed by atoms with Crippen molar-refractivity contribution >= 4 is 5.78 Å². The SMILES string of the molecule is CCCCNC1(C(N)CCC)c2ccccc2-c2ccc(C(C)=O)cc21. The van der Waals surface area contributed by atoms with Crippen molar-refractivity contribution in [2.45, 2.75) is 58.0 Å². The quantitative estimate of drug-likeness (QED) is 0.539. The summed E-state index contributed by atoms with van der Waals surface area (Å²) in [4.78, 5) is 12.0. The molecule has 1 aliphatic rings. The van der Waals surface area contributed by atoms with Crippen LogP contribution in [0.25, 0.3) is 11.1 Å². The molecule has 26 heavy (non-hydrogen) atoms. The predicted molar refractivity (Wildman–Crippen MR) is 108 cm³/mol. The summed E-state index contributed by atoms with van der Waals surface area (Å²) in [6, 6.07) is 14.6. The summed E-state index contributed by atoms with van der Waals surface area (Å²) < 4.78 is 0. The molecule has 2 unspecified atom stereocenters. The van der Waals surface area contributed by atoms with Crippen LogP contribution in [0.15, 0.2) is 42.5 Å². The molecule has 0 heterocycles. The van der Waals surface area contributed by atoms with Crippen molar-refractivity contribution in [3.8, 4) is 11.1 Å². The third-order valence-corrected chi connectivity index (χ3v) is 5.58. The predicted octanol–water partition coefficient (Wildman–Crippen LogP) is 4.63. The van der Waals surface area contributed by atoms with Gasteiger partial charge in [0, 0.05) is 11.6 Å². The van der Waals surface area contributed by atoms with Crippen molar-refractivity contribution in [1.29, 1.82) is 0 Å². The second-order valence-electron chi connectivity index (χ2n) is 7.35. The maximum Gasteiger partial charge on any atom is 0.159 e. The van der Waals surface area contributed by atoms with E-state index < -0.39 is 5.54 Å². The van der Waals surface area contributed by atoms with Gasteiger partial charge in [-0.3, -0.25) is 4.79 Å². The molecule has 0 fully saturated rings. The van der Waals surface area contributed by atoms with Crippen molar-refractivity contribution in [2.24, 2.45) is 5.73 Å². The maximum absolute atomic E-state index is 12.0. The Kier molecular flexibility index (Phi) is 5.59. The van der Waals surface area contributed by atoms with E-state index in [-0.39, 0.29) is 11.8 Å². The van der Waals surface area contributed by atoms with Crippen LogP contribution < -0.4 is 11.1 Å². The van der Waals surface area contributed by atoms with Crippen LogP contribution in [0.5, 0.6) is 0 Å². The molecule has 0 aliphatic heterocycles. The van der Waals surface area contributed by atoms with E-state index in [1.54, 1.807) is 6.92 Å². The lowest BCUT2D eigenvalue weighted by molar-refractivity contribution is 0.101. The van der Waals surface area contributed by atoms with Crippen LogP contribution in [0.3, 0.4) is 0 Å². The highest BCUT2D eigenvalue weighted by atomic mass is 16.1. The van der Waals surface area contributed by atoms with E-state index in [2.05, 4.69) is 55.6 Å².